The molecule has 2 N–H and O–H groups in total. The van der Waals surface area contributed by atoms with Crippen molar-refractivity contribution in [1.82, 2.24) is 10.6 Å². The molecule has 0 aliphatic carbocycles. The topological polar surface area (TPSA) is 48.9 Å². The predicted molar refractivity (Wildman–Crippen MR) is 87.9 cm³/mol. The number of methoxy groups -OCH3 is 1. The van der Waals surface area contributed by atoms with Gasteiger partial charge < -0.3 is 20.3 Å². The number of anilines is 1. The fourth-order valence-electron chi connectivity index (χ4n) is 2.23. The number of rotatable bonds is 6. The second-order valence-corrected chi connectivity index (χ2v) is 4.89. The Balaban J connectivity index is 1.86. The van der Waals surface area contributed by atoms with Crippen molar-refractivity contribution >= 4 is 11.6 Å². The Hall–Kier alpha value is -2.01. The Bertz CT molecular complexity index is 491. The molecule has 114 valence electrons. The minimum Gasteiger partial charge on any atom is -0.383 e. The van der Waals surface area contributed by atoms with Crippen LogP contribution < -0.4 is 15.5 Å². The molecule has 1 aromatic carbocycles. The van der Waals surface area contributed by atoms with Crippen molar-refractivity contribution in [2.75, 3.05) is 45.3 Å². The van der Waals surface area contributed by atoms with E-state index in [1.807, 2.05) is 0 Å². The predicted octanol–water partition coefficient (Wildman–Crippen LogP) is 1.37. The molecule has 5 nitrogen and oxygen atoms in total. The lowest BCUT2D eigenvalue weighted by Crippen LogP contribution is -2.38. The summed E-state index contributed by atoms with van der Waals surface area (Å²) in [6.07, 6.45) is 4.40. The molecule has 1 aromatic rings. The molecule has 1 heterocycles. The van der Waals surface area contributed by atoms with E-state index >= 15 is 0 Å². The standard InChI is InChI=1S/C16H24N4O/c1-17-16(18-8-11-21-2)19-13-14-6-5-7-15(12-14)20-9-3-4-10-20/h3-7,12H,8-11,13H2,1-2H3,(H2,17,18,19). The highest BCUT2D eigenvalue weighted by molar-refractivity contribution is 5.79. The molecule has 0 atom stereocenters. The van der Waals surface area contributed by atoms with Crippen LogP contribution in [0.25, 0.3) is 0 Å². The zero-order chi connectivity index (χ0) is 14.9. The largest absolute Gasteiger partial charge is 0.383 e. The molecule has 21 heavy (non-hydrogen) atoms. The van der Waals surface area contributed by atoms with E-state index in [9.17, 15) is 0 Å². The summed E-state index contributed by atoms with van der Waals surface area (Å²) in [5.41, 5.74) is 2.51. The van der Waals surface area contributed by atoms with Crippen molar-refractivity contribution in [1.29, 1.82) is 0 Å². The summed E-state index contributed by atoms with van der Waals surface area (Å²) in [6, 6.07) is 8.61. The Kier molecular flexibility index (Phi) is 6.09. The lowest BCUT2D eigenvalue weighted by molar-refractivity contribution is 0.203. The van der Waals surface area contributed by atoms with E-state index in [2.05, 4.69) is 56.9 Å². The lowest BCUT2D eigenvalue weighted by atomic mass is 10.2. The second-order valence-electron chi connectivity index (χ2n) is 4.89. The molecule has 0 radical (unpaired) electrons. The number of nitrogens with one attached hydrogen (secondary N) is 2. The minimum absolute atomic E-state index is 0.665. The molecule has 0 aromatic heterocycles. The summed E-state index contributed by atoms with van der Waals surface area (Å²) in [6.45, 7) is 4.16. The van der Waals surface area contributed by atoms with Gasteiger partial charge in [0, 0.05) is 46.0 Å². The van der Waals surface area contributed by atoms with Crippen LogP contribution in [0, 0.1) is 0 Å². The maximum atomic E-state index is 5.02. The van der Waals surface area contributed by atoms with Crippen molar-refractivity contribution in [3.8, 4) is 0 Å². The van der Waals surface area contributed by atoms with Gasteiger partial charge in [-0.15, -0.1) is 0 Å². The third-order valence-corrected chi connectivity index (χ3v) is 3.38. The maximum Gasteiger partial charge on any atom is 0.191 e. The van der Waals surface area contributed by atoms with Gasteiger partial charge in [0.05, 0.1) is 6.61 Å². The van der Waals surface area contributed by atoms with Crippen LogP contribution in [0.4, 0.5) is 5.69 Å². The molecule has 0 spiro atoms. The van der Waals surface area contributed by atoms with Crippen molar-refractivity contribution in [2.24, 2.45) is 4.99 Å². The minimum atomic E-state index is 0.665. The molecule has 5 heteroatoms. The van der Waals surface area contributed by atoms with Crippen molar-refractivity contribution in [2.45, 2.75) is 6.54 Å². The van der Waals surface area contributed by atoms with Gasteiger partial charge in [0.2, 0.25) is 0 Å². The van der Waals surface area contributed by atoms with Gasteiger partial charge in [-0.1, -0.05) is 24.3 Å². The first-order valence-electron chi connectivity index (χ1n) is 7.26. The zero-order valence-electron chi connectivity index (χ0n) is 12.8. The van der Waals surface area contributed by atoms with Gasteiger partial charge in [-0.2, -0.15) is 0 Å². The van der Waals surface area contributed by atoms with Crippen molar-refractivity contribution in [3.05, 3.63) is 42.0 Å². The molecule has 0 saturated carbocycles. The van der Waals surface area contributed by atoms with Gasteiger partial charge in [0.15, 0.2) is 5.96 Å². The van der Waals surface area contributed by atoms with Crippen molar-refractivity contribution in [3.63, 3.8) is 0 Å². The van der Waals surface area contributed by atoms with Gasteiger partial charge >= 0.3 is 0 Å². The van der Waals surface area contributed by atoms with E-state index in [0.29, 0.717) is 6.61 Å². The molecule has 1 aliphatic heterocycles. The van der Waals surface area contributed by atoms with Crippen LogP contribution in [-0.4, -0.2) is 46.4 Å². The Morgan fingerprint density at radius 2 is 2.10 bits per heavy atom. The number of ether oxygens (including phenoxy) is 1. The number of guanidine groups is 1. The van der Waals surface area contributed by atoms with Crippen LogP contribution in [0.1, 0.15) is 5.56 Å². The highest BCUT2D eigenvalue weighted by Crippen LogP contribution is 2.18. The van der Waals surface area contributed by atoms with E-state index in [0.717, 1.165) is 32.1 Å². The smallest absolute Gasteiger partial charge is 0.191 e. The third kappa shape index (κ3) is 4.79. The van der Waals surface area contributed by atoms with Crippen LogP contribution in [0.15, 0.2) is 41.4 Å². The highest BCUT2D eigenvalue weighted by Gasteiger charge is 2.07. The quantitative estimate of drug-likeness (QED) is 0.359. The fraction of sp³-hybridized carbons (Fsp3) is 0.438. The van der Waals surface area contributed by atoms with Gasteiger partial charge in [0.1, 0.15) is 0 Å². The molecule has 0 saturated heterocycles. The Morgan fingerprint density at radius 3 is 2.81 bits per heavy atom. The molecule has 0 bridgehead atoms. The number of hydrogen-bond acceptors (Lipinski definition) is 3. The average Bonchev–Trinajstić information content (AvgIpc) is 3.05. The van der Waals surface area contributed by atoms with Gasteiger partial charge in [-0.05, 0) is 17.7 Å². The molecule has 2 rings (SSSR count). The van der Waals surface area contributed by atoms with Gasteiger partial charge in [-0.3, -0.25) is 4.99 Å². The number of benzene rings is 1. The molecule has 0 fully saturated rings. The first kappa shape index (κ1) is 15.4. The highest BCUT2D eigenvalue weighted by atomic mass is 16.5. The lowest BCUT2D eigenvalue weighted by Gasteiger charge is -2.19. The molecular weight excluding hydrogens is 264 g/mol. The summed E-state index contributed by atoms with van der Waals surface area (Å²) < 4.78 is 5.02. The normalized spacial score (nSPS) is 14.6. The van der Waals surface area contributed by atoms with E-state index in [1.165, 1.54) is 11.3 Å². The van der Waals surface area contributed by atoms with Crippen LogP contribution in [0.2, 0.25) is 0 Å². The first-order chi connectivity index (χ1) is 10.3. The fourth-order valence-corrected chi connectivity index (χ4v) is 2.23. The number of nitrogens with zero attached hydrogens (tertiary/aromatic N) is 2. The van der Waals surface area contributed by atoms with E-state index in [4.69, 9.17) is 4.74 Å². The van der Waals surface area contributed by atoms with Crippen molar-refractivity contribution < 1.29 is 4.74 Å². The summed E-state index contributed by atoms with van der Waals surface area (Å²) in [5, 5.41) is 6.52. The second kappa shape index (κ2) is 8.32. The maximum absolute atomic E-state index is 5.02. The average molecular weight is 288 g/mol. The SMILES string of the molecule is CN=C(NCCOC)NCc1cccc(N2CC=CC2)c1. The Labute approximate surface area is 126 Å². The van der Waals surface area contributed by atoms with Crippen LogP contribution in [0.5, 0.6) is 0 Å². The molecule has 0 unspecified atom stereocenters. The first-order valence-corrected chi connectivity index (χ1v) is 7.26. The molecule has 1 aliphatic rings. The molecule has 0 amide bonds. The van der Waals surface area contributed by atoms with Gasteiger partial charge in [-0.25, -0.2) is 0 Å². The summed E-state index contributed by atoms with van der Waals surface area (Å²) >= 11 is 0. The van der Waals surface area contributed by atoms with Gasteiger partial charge in [0.25, 0.3) is 0 Å². The summed E-state index contributed by atoms with van der Waals surface area (Å²) in [5.74, 6) is 0.792. The number of aliphatic imine (C=N–C) groups is 1. The van der Waals surface area contributed by atoms with Crippen LogP contribution >= 0.6 is 0 Å². The van der Waals surface area contributed by atoms with E-state index < -0.39 is 0 Å². The summed E-state index contributed by atoms with van der Waals surface area (Å²) in [4.78, 5) is 6.54. The van der Waals surface area contributed by atoms with Crippen LogP contribution in [-0.2, 0) is 11.3 Å². The monoisotopic (exact) mass is 288 g/mol. The summed E-state index contributed by atoms with van der Waals surface area (Å²) in [7, 11) is 3.46. The van der Waals surface area contributed by atoms with E-state index in [1.54, 1.807) is 14.2 Å². The molecular formula is C16H24N4O. The van der Waals surface area contributed by atoms with Crippen LogP contribution in [0.3, 0.4) is 0 Å². The Morgan fingerprint density at radius 1 is 1.29 bits per heavy atom. The third-order valence-electron chi connectivity index (χ3n) is 3.38. The van der Waals surface area contributed by atoms with E-state index in [-0.39, 0.29) is 0 Å². The number of hydrogen-bond donors (Lipinski definition) is 2. The zero-order valence-corrected chi connectivity index (χ0v) is 12.8.